The van der Waals surface area contributed by atoms with Crippen LogP contribution in [0.25, 0.3) is 0 Å². The molecule has 0 aliphatic rings. The van der Waals surface area contributed by atoms with Crippen LogP contribution in [0.3, 0.4) is 0 Å². The lowest BCUT2D eigenvalue weighted by molar-refractivity contribution is -0.139. The Morgan fingerprint density at radius 2 is 2.14 bits per heavy atom. The highest BCUT2D eigenvalue weighted by molar-refractivity contribution is 6.01. The number of esters is 1. The van der Waals surface area contributed by atoms with Crippen LogP contribution in [0.2, 0.25) is 0 Å². The molecule has 0 radical (unpaired) electrons. The maximum Gasteiger partial charge on any atom is 0.309 e. The quantitative estimate of drug-likeness (QED) is 0.484. The number of aromatic nitrogens is 2. The molecule has 2 rings (SSSR count). The van der Waals surface area contributed by atoms with Crippen molar-refractivity contribution in [1.29, 1.82) is 0 Å². The largest absolute Gasteiger partial charge is 0.469 e. The number of aryl methyl sites for hydroxylation is 1. The van der Waals surface area contributed by atoms with Crippen molar-refractivity contribution in [2.24, 2.45) is 4.99 Å². The second kappa shape index (κ2) is 7.93. The van der Waals surface area contributed by atoms with Gasteiger partial charge in [0.05, 0.1) is 13.5 Å². The summed E-state index contributed by atoms with van der Waals surface area (Å²) in [5.41, 5.74) is 0.984. The average Bonchev–Trinajstić information content (AvgIpc) is 3.03. The highest BCUT2D eigenvalue weighted by Crippen LogP contribution is 2.08. The molecular weight excluding hydrogens is 278 g/mol. The number of nitrogens with zero attached hydrogens (tertiary/aromatic N) is 3. The van der Waals surface area contributed by atoms with Gasteiger partial charge in [-0.25, -0.2) is 9.98 Å². The number of rotatable bonds is 5. The van der Waals surface area contributed by atoms with Crippen molar-refractivity contribution in [2.45, 2.75) is 19.8 Å². The van der Waals surface area contributed by atoms with E-state index in [0.717, 1.165) is 23.6 Å². The van der Waals surface area contributed by atoms with Crippen molar-refractivity contribution < 1.29 is 9.53 Å². The van der Waals surface area contributed by atoms with Crippen LogP contribution >= 0.6 is 0 Å². The highest BCUT2D eigenvalue weighted by atomic mass is 16.5. The fourth-order valence-corrected chi connectivity index (χ4v) is 2.01. The number of hydrogen-bond acceptors (Lipinski definition) is 4. The van der Waals surface area contributed by atoms with E-state index in [9.17, 15) is 4.79 Å². The molecule has 1 aromatic heterocycles. The summed E-state index contributed by atoms with van der Waals surface area (Å²) in [6.07, 6.45) is 7.96. The zero-order valence-electron chi connectivity index (χ0n) is 12.8. The predicted octanol–water partition coefficient (Wildman–Crippen LogP) is 2.82. The minimum Gasteiger partial charge on any atom is -0.469 e. The molecule has 0 fully saturated rings. The van der Waals surface area contributed by atoms with Gasteiger partial charge in [0.2, 0.25) is 0 Å². The Kier molecular flexibility index (Phi) is 5.65. The van der Waals surface area contributed by atoms with Crippen LogP contribution in [0, 0.1) is 0 Å². The third-order valence-corrected chi connectivity index (χ3v) is 3.11. The third-order valence-electron chi connectivity index (χ3n) is 3.11. The Labute approximate surface area is 130 Å². The van der Waals surface area contributed by atoms with Gasteiger partial charge in [0, 0.05) is 30.6 Å². The van der Waals surface area contributed by atoms with Crippen LogP contribution in [0.15, 0.2) is 60.0 Å². The van der Waals surface area contributed by atoms with Gasteiger partial charge in [-0.2, -0.15) is 0 Å². The van der Waals surface area contributed by atoms with Crippen molar-refractivity contribution >= 4 is 11.8 Å². The van der Waals surface area contributed by atoms with Gasteiger partial charge in [-0.15, -0.1) is 0 Å². The molecule has 22 heavy (non-hydrogen) atoms. The second-order valence-corrected chi connectivity index (χ2v) is 4.55. The fourth-order valence-electron chi connectivity index (χ4n) is 2.01. The van der Waals surface area contributed by atoms with Gasteiger partial charge < -0.3 is 4.74 Å². The summed E-state index contributed by atoms with van der Waals surface area (Å²) < 4.78 is 6.55. The lowest BCUT2D eigenvalue weighted by Gasteiger charge is -2.09. The number of aliphatic imine (C=N–C) groups is 1. The molecule has 5 nitrogen and oxygen atoms in total. The number of ether oxygens (including phenoxy) is 1. The first kappa shape index (κ1) is 15.7. The first-order valence-electron chi connectivity index (χ1n) is 7.14. The number of benzene rings is 1. The summed E-state index contributed by atoms with van der Waals surface area (Å²) in [6.45, 7) is 2.05. The highest BCUT2D eigenvalue weighted by Gasteiger charge is 2.09. The normalized spacial score (nSPS) is 11.8. The van der Waals surface area contributed by atoms with Crippen molar-refractivity contribution in [3.05, 3.63) is 66.4 Å². The molecule has 0 bridgehead atoms. The minimum absolute atomic E-state index is 0.201. The topological polar surface area (TPSA) is 56.5 Å². The first-order valence-corrected chi connectivity index (χ1v) is 7.14. The molecule has 2 aromatic rings. The van der Waals surface area contributed by atoms with Crippen molar-refractivity contribution in [3.8, 4) is 0 Å². The lowest BCUT2D eigenvalue weighted by atomic mass is 10.2. The summed E-state index contributed by atoms with van der Waals surface area (Å²) in [6, 6.07) is 9.87. The van der Waals surface area contributed by atoms with E-state index in [1.54, 1.807) is 18.5 Å². The summed E-state index contributed by atoms with van der Waals surface area (Å²) in [5, 5.41) is 0. The van der Waals surface area contributed by atoms with E-state index < -0.39 is 0 Å². The van der Waals surface area contributed by atoms with Crippen LogP contribution in [-0.2, 0) is 16.0 Å². The molecule has 5 heteroatoms. The standard InChI is InChI=1S/C17H19N3O2/c1-3-15-18-12-13-20(15)17(14-8-5-4-6-9-14)19-11-7-10-16(21)22-2/h4-9,11-13H,3,10H2,1-2H3/b11-7-,19-17?. The Balaban J connectivity index is 2.32. The van der Waals surface area contributed by atoms with E-state index in [1.165, 1.54) is 7.11 Å². The van der Waals surface area contributed by atoms with Crippen LogP contribution < -0.4 is 0 Å². The Hall–Kier alpha value is -2.69. The molecule has 0 aliphatic heterocycles. The molecule has 1 heterocycles. The predicted molar refractivity (Wildman–Crippen MR) is 85.8 cm³/mol. The summed E-state index contributed by atoms with van der Waals surface area (Å²) in [5.74, 6) is 1.42. The number of hydrogen-bond donors (Lipinski definition) is 0. The van der Waals surface area contributed by atoms with Crippen molar-refractivity contribution in [2.75, 3.05) is 7.11 Å². The van der Waals surface area contributed by atoms with Gasteiger partial charge in [0.1, 0.15) is 11.7 Å². The molecule has 0 N–H and O–H groups in total. The van der Waals surface area contributed by atoms with Gasteiger partial charge in [-0.1, -0.05) is 43.3 Å². The van der Waals surface area contributed by atoms with Gasteiger partial charge in [-0.05, 0) is 0 Å². The molecule has 114 valence electrons. The monoisotopic (exact) mass is 297 g/mol. The fraction of sp³-hybridized carbons (Fsp3) is 0.235. The zero-order valence-corrected chi connectivity index (χ0v) is 12.8. The van der Waals surface area contributed by atoms with Crippen molar-refractivity contribution in [1.82, 2.24) is 9.55 Å². The lowest BCUT2D eigenvalue weighted by Crippen LogP contribution is -2.15. The van der Waals surface area contributed by atoms with Crippen LogP contribution in [-0.4, -0.2) is 28.5 Å². The van der Waals surface area contributed by atoms with Gasteiger partial charge in [0.15, 0.2) is 0 Å². The second-order valence-electron chi connectivity index (χ2n) is 4.55. The molecule has 0 spiro atoms. The van der Waals surface area contributed by atoms with E-state index in [4.69, 9.17) is 0 Å². The summed E-state index contributed by atoms with van der Waals surface area (Å²) >= 11 is 0. The van der Waals surface area contributed by atoms with E-state index in [0.29, 0.717) is 0 Å². The number of imidazole rings is 1. The molecule has 1 aromatic carbocycles. The van der Waals surface area contributed by atoms with Crippen molar-refractivity contribution in [3.63, 3.8) is 0 Å². The SMILES string of the molecule is CCc1nccn1C(=N/C=C\CC(=O)OC)c1ccccc1. The van der Waals surface area contributed by atoms with E-state index in [2.05, 4.69) is 21.6 Å². The van der Waals surface area contributed by atoms with Gasteiger partial charge in [-0.3, -0.25) is 9.36 Å². The van der Waals surface area contributed by atoms with Gasteiger partial charge >= 0.3 is 5.97 Å². The molecule has 0 saturated carbocycles. The maximum atomic E-state index is 11.1. The van der Waals surface area contributed by atoms with Crippen LogP contribution in [0.1, 0.15) is 24.7 Å². The first-order chi connectivity index (χ1) is 10.8. The van der Waals surface area contributed by atoms with Crippen LogP contribution in [0.5, 0.6) is 0 Å². The van der Waals surface area contributed by atoms with Gasteiger partial charge in [0.25, 0.3) is 0 Å². The van der Waals surface area contributed by atoms with E-state index in [1.807, 2.05) is 41.1 Å². The zero-order chi connectivity index (χ0) is 15.8. The van der Waals surface area contributed by atoms with Crippen LogP contribution in [0.4, 0.5) is 0 Å². The number of carbonyl (C=O) groups excluding carboxylic acids is 1. The Morgan fingerprint density at radius 3 is 2.82 bits per heavy atom. The number of carbonyl (C=O) groups is 1. The Morgan fingerprint density at radius 1 is 1.36 bits per heavy atom. The maximum absolute atomic E-state index is 11.1. The summed E-state index contributed by atoms with van der Waals surface area (Å²) in [7, 11) is 1.37. The molecule has 0 atom stereocenters. The average molecular weight is 297 g/mol. The Bertz CT molecular complexity index is 672. The molecule has 0 unspecified atom stereocenters. The minimum atomic E-state index is -0.287. The third kappa shape index (κ3) is 3.91. The summed E-state index contributed by atoms with van der Waals surface area (Å²) in [4.78, 5) is 20.0. The molecule has 0 amide bonds. The molecule has 0 saturated heterocycles. The van der Waals surface area contributed by atoms with E-state index >= 15 is 0 Å². The smallest absolute Gasteiger partial charge is 0.309 e. The number of methoxy groups -OCH3 is 1. The molecule has 0 aliphatic carbocycles. The van der Waals surface area contributed by atoms with E-state index in [-0.39, 0.29) is 12.4 Å². The molecular formula is C17H19N3O2.